The Hall–Kier alpha value is -3.15. The van der Waals surface area contributed by atoms with Crippen molar-refractivity contribution in [3.63, 3.8) is 0 Å². The molecule has 0 unspecified atom stereocenters. The number of hydrogen-bond acceptors (Lipinski definition) is 6. The van der Waals surface area contributed by atoms with Gasteiger partial charge in [-0.05, 0) is 60.4 Å². The maximum absolute atomic E-state index is 13.5. The van der Waals surface area contributed by atoms with Crippen molar-refractivity contribution >= 4 is 55.0 Å². The van der Waals surface area contributed by atoms with Crippen LogP contribution in [-0.4, -0.2) is 0 Å². The van der Waals surface area contributed by atoms with E-state index >= 15 is 0 Å². The van der Waals surface area contributed by atoms with Crippen molar-refractivity contribution in [2.24, 2.45) is 0 Å². The summed E-state index contributed by atoms with van der Waals surface area (Å²) in [6.07, 6.45) is 3.54. The molecule has 0 radical (unpaired) electrons. The van der Waals surface area contributed by atoms with E-state index < -0.39 is 7.82 Å². The van der Waals surface area contributed by atoms with Crippen LogP contribution in [-0.2, 0) is 13.6 Å². The third-order valence-electron chi connectivity index (χ3n) is 6.21. The summed E-state index contributed by atoms with van der Waals surface area (Å²) in [6.45, 7) is 4.02. The predicted molar refractivity (Wildman–Crippen MR) is 149 cm³/mol. The molecule has 0 aromatic heterocycles. The molecule has 6 rings (SSSR count). The second kappa shape index (κ2) is 9.62. The second-order valence-electron chi connectivity index (χ2n) is 8.83. The van der Waals surface area contributed by atoms with Gasteiger partial charge in [0.15, 0.2) is 0 Å². The Kier molecular flexibility index (Phi) is 6.29. The molecule has 0 amide bonds. The molecule has 0 saturated heterocycles. The zero-order valence-corrected chi connectivity index (χ0v) is 22.7. The van der Waals surface area contributed by atoms with Gasteiger partial charge in [-0.1, -0.05) is 96.3 Å². The predicted octanol–water partition coefficient (Wildman–Crippen LogP) is 8.43. The molecule has 2 heterocycles. The Morgan fingerprint density at radius 3 is 1.51 bits per heavy atom. The van der Waals surface area contributed by atoms with E-state index in [1.807, 2.05) is 98.8 Å². The summed E-state index contributed by atoms with van der Waals surface area (Å²) in [7, 11) is -4.84. The molecule has 4 nitrogen and oxygen atoms in total. The fourth-order valence-corrected chi connectivity index (χ4v) is 7.48. The first-order chi connectivity index (χ1) is 17.9. The lowest BCUT2D eigenvalue weighted by atomic mass is 10.1. The Balaban J connectivity index is 1.42. The fraction of sp³-hybridized carbons (Fsp3) is 0.0667. The first-order valence-corrected chi connectivity index (χ1v) is 14.8. The van der Waals surface area contributed by atoms with Crippen LogP contribution in [0.1, 0.15) is 33.4 Å². The number of benzene rings is 4. The van der Waals surface area contributed by atoms with Crippen LogP contribution in [0, 0.1) is 13.8 Å². The number of fused-ring (bicyclic) bond motifs is 4. The maximum atomic E-state index is 13.5. The highest BCUT2D eigenvalue weighted by molar-refractivity contribution is 7.99. The maximum Gasteiger partial charge on any atom is 0.372 e. The lowest BCUT2D eigenvalue weighted by molar-refractivity contribution is -0.213. The minimum atomic E-state index is -4.84. The summed E-state index contributed by atoms with van der Waals surface area (Å²) in [6, 6.07) is 27.3. The summed E-state index contributed by atoms with van der Waals surface area (Å²) in [5, 5.41) is 0. The van der Waals surface area contributed by atoms with Crippen LogP contribution < -0.4 is 4.89 Å². The average Bonchev–Trinajstić information content (AvgIpc) is 3.13. The highest BCUT2D eigenvalue weighted by Gasteiger charge is 2.26. The van der Waals surface area contributed by atoms with Gasteiger partial charge in [0.25, 0.3) is 0 Å². The number of hydrogen-bond donors (Lipinski definition) is 0. The molecular formula is C30H22O4PS2-. The zero-order valence-electron chi connectivity index (χ0n) is 20.1. The van der Waals surface area contributed by atoms with Crippen molar-refractivity contribution in [3.05, 3.63) is 118 Å². The lowest BCUT2D eigenvalue weighted by Crippen LogP contribution is -2.08. The number of aryl methyl sites for hydroxylation is 2. The van der Waals surface area contributed by atoms with Crippen LogP contribution in [0.5, 0.6) is 0 Å². The van der Waals surface area contributed by atoms with E-state index in [9.17, 15) is 9.46 Å². The Morgan fingerprint density at radius 1 is 0.622 bits per heavy atom. The van der Waals surface area contributed by atoms with Gasteiger partial charge in [0.2, 0.25) is 0 Å². The van der Waals surface area contributed by atoms with Crippen LogP contribution in [0.2, 0.25) is 0 Å². The van der Waals surface area contributed by atoms with Gasteiger partial charge in [-0.25, -0.2) is 4.57 Å². The van der Waals surface area contributed by atoms with Crippen molar-refractivity contribution in [2.75, 3.05) is 0 Å². The quantitative estimate of drug-likeness (QED) is 0.242. The van der Waals surface area contributed by atoms with Gasteiger partial charge in [-0.3, -0.25) is 0 Å². The van der Waals surface area contributed by atoms with Gasteiger partial charge in [0.1, 0.15) is 11.5 Å². The average molecular weight is 542 g/mol. The molecule has 37 heavy (non-hydrogen) atoms. The van der Waals surface area contributed by atoms with Crippen molar-refractivity contribution in [2.45, 2.75) is 33.4 Å². The minimum Gasteiger partial charge on any atom is -0.736 e. The van der Waals surface area contributed by atoms with Crippen LogP contribution in [0.25, 0.3) is 23.7 Å². The molecular weight excluding hydrogens is 519 g/mol. The van der Waals surface area contributed by atoms with Crippen LogP contribution in [0.3, 0.4) is 0 Å². The SMILES string of the molecule is Cc1cccc2c1Sc1ccccc1C=C2OP(=O)([O-])OC1=Cc2ccccc2Sc2c(C)cccc21. The van der Waals surface area contributed by atoms with Crippen LogP contribution in [0.15, 0.2) is 105 Å². The van der Waals surface area contributed by atoms with Crippen molar-refractivity contribution in [3.8, 4) is 0 Å². The first kappa shape index (κ1) is 24.2. The van der Waals surface area contributed by atoms with Gasteiger partial charge in [-0.2, -0.15) is 0 Å². The molecule has 0 aliphatic carbocycles. The normalized spacial score (nSPS) is 14.0. The Bertz CT molecular complexity index is 1540. The second-order valence-corrected chi connectivity index (χ2v) is 12.2. The van der Waals surface area contributed by atoms with Gasteiger partial charge in [0, 0.05) is 30.7 Å². The summed E-state index contributed by atoms with van der Waals surface area (Å²) >= 11 is 3.21. The van der Waals surface area contributed by atoms with E-state index in [1.54, 1.807) is 35.7 Å². The van der Waals surface area contributed by atoms with E-state index in [4.69, 9.17) is 9.05 Å². The van der Waals surface area contributed by atoms with E-state index in [1.165, 1.54) is 0 Å². The minimum absolute atomic E-state index is 0.239. The molecule has 7 heteroatoms. The number of phosphoric ester groups is 1. The third kappa shape index (κ3) is 4.78. The Labute approximate surface area is 224 Å². The molecule has 0 atom stereocenters. The van der Waals surface area contributed by atoms with E-state index in [0.717, 1.165) is 41.8 Å². The highest BCUT2D eigenvalue weighted by Crippen LogP contribution is 2.53. The molecule has 0 bridgehead atoms. The van der Waals surface area contributed by atoms with Gasteiger partial charge in [0.05, 0.1) is 0 Å². The Morgan fingerprint density at radius 2 is 1.05 bits per heavy atom. The van der Waals surface area contributed by atoms with Crippen molar-refractivity contribution in [1.82, 2.24) is 0 Å². The molecule has 4 aromatic carbocycles. The third-order valence-corrected chi connectivity index (χ3v) is 9.73. The standard InChI is InChI=1S/C30H23O4PS2/c1-19-9-7-13-23-25(17-21-11-3-5-15-27(21)36-29(19)23)33-35(31,32)34-26-18-22-12-4-6-16-28(22)37-30-20(2)10-8-14-24(26)30/h3-18H,1-2H3,(H,31,32)/p-1. The van der Waals surface area contributed by atoms with Crippen molar-refractivity contribution < 1.29 is 18.5 Å². The fourth-order valence-electron chi connectivity index (χ4n) is 4.42. The van der Waals surface area contributed by atoms with E-state index in [2.05, 4.69) is 0 Å². The number of rotatable bonds is 4. The lowest BCUT2D eigenvalue weighted by Gasteiger charge is -2.27. The molecule has 2 aliphatic rings. The summed E-state index contributed by atoms with van der Waals surface area (Å²) in [5.74, 6) is 0.478. The van der Waals surface area contributed by atoms with Gasteiger partial charge in [-0.15, -0.1) is 0 Å². The zero-order chi connectivity index (χ0) is 25.6. The highest BCUT2D eigenvalue weighted by atomic mass is 32.2. The monoisotopic (exact) mass is 541 g/mol. The number of phosphoric acid groups is 1. The van der Waals surface area contributed by atoms with Gasteiger partial charge < -0.3 is 13.9 Å². The molecule has 2 aliphatic heterocycles. The molecule has 0 N–H and O–H groups in total. The molecule has 0 fully saturated rings. The van der Waals surface area contributed by atoms with Crippen LogP contribution >= 0.6 is 31.3 Å². The molecule has 0 spiro atoms. The summed E-state index contributed by atoms with van der Waals surface area (Å²) in [5.41, 5.74) is 5.29. The van der Waals surface area contributed by atoms with E-state index in [-0.39, 0.29) is 11.5 Å². The smallest absolute Gasteiger partial charge is 0.372 e. The first-order valence-electron chi connectivity index (χ1n) is 11.8. The topological polar surface area (TPSA) is 58.6 Å². The summed E-state index contributed by atoms with van der Waals surface area (Å²) in [4.78, 5) is 17.5. The van der Waals surface area contributed by atoms with Crippen molar-refractivity contribution in [1.29, 1.82) is 0 Å². The summed E-state index contributed by atoms with van der Waals surface area (Å²) < 4.78 is 25.0. The molecule has 184 valence electrons. The molecule has 0 saturated carbocycles. The van der Waals surface area contributed by atoms with E-state index in [0.29, 0.717) is 11.1 Å². The largest absolute Gasteiger partial charge is 0.736 e. The van der Waals surface area contributed by atoms with Crippen LogP contribution in [0.4, 0.5) is 0 Å². The molecule has 4 aromatic rings. The van der Waals surface area contributed by atoms with Gasteiger partial charge >= 0.3 is 7.82 Å².